The highest BCUT2D eigenvalue weighted by Crippen LogP contribution is 2.30. The van der Waals surface area contributed by atoms with Gasteiger partial charge in [0.25, 0.3) is 0 Å². The third-order valence-corrected chi connectivity index (χ3v) is 5.34. The standard InChI is InChI=1S/C18H26F2N4O2S/c1-26-15(11-22-4-3-21)12-24(13-25)14-9-16(19)18(17(20)10-14)23-5-2-7-27-8-6-23/h3-4,9-10,13,15,22H,2,5-8,11-12,21H2,1H3/b4-3-. The molecule has 9 heteroatoms. The fraction of sp³-hybridized carbons (Fsp3) is 0.500. The molecule has 1 heterocycles. The number of nitrogens with one attached hydrogen (secondary N) is 1. The Morgan fingerprint density at radius 2 is 2.11 bits per heavy atom. The first-order chi connectivity index (χ1) is 13.1. The number of methoxy groups -OCH3 is 1. The van der Waals surface area contributed by atoms with Gasteiger partial charge in [-0.25, -0.2) is 8.78 Å². The quantitative estimate of drug-likeness (QED) is 0.617. The summed E-state index contributed by atoms with van der Waals surface area (Å²) in [6, 6.07) is 2.40. The molecule has 3 N–H and O–H groups in total. The topological polar surface area (TPSA) is 70.8 Å². The Labute approximate surface area is 162 Å². The molecule has 2 rings (SSSR count). The van der Waals surface area contributed by atoms with Gasteiger partial charge >= 0.3 is 0 Å². The largest absolute Gasteiger partial charge is 0.403 e. The Morgan fingerprint density at radius 3 is 2.74 bits per heavy atom. The molecule has 0 aliphatic carbocycles. The fourth-order valence-corrected chi connectivity index (χ4v) is 3.80. The van der Waals surface area contributed by atoms with E-state index in [9.17, 15) is 13.6 Å². The maximum Gasteiger partial charge on any atom is 0.214 e. The summed E-state index contributed by atoms with van der Waals surface area (Å²) in [7, 11) is 1.50. The van der Waals surface area contributed by atoms with Crippen molar-refractivity contribution >= 4 is 29.5 Å². The summed E-state index contributed by atoms with van der Waals surface area (Å²) in [6.45, 7) is 1.75. The van der Waals surface area contributed by atoms with Crippen LogP contribution in [0.2, 0.25) is 0 Å². The number of nitrogens with two attached hydrogens (primary N) is 1. The number of carbonyl (C=O) groups excluding carboxylic acids is 1. The highest BCUT2D eigenvalue weighted by atomic mass is 32.2. The van der Waals surface area contributed by atoms with E-state index in [4.69, 9.17) is 10.5 Å². The second kappa shape index (κ2) is 11.0. The maximum absolute atomic E-state index is 14.7. The van der Waals surface area contributed by atoms with Crippen molar-refractivity contribution in [1.82, 2.24) is 5.32 Å². The van der Waals surface area contributed by atoms with Crippen molar-refractivity contribution in [3.63, 3.8) is 0 Å². The molecule has 150 valence electrons. The minimum atomic E-state index is -0.665. The van der Waals surface area contributed by atoms with Gasteiger partial charge in [0.2, 0.25) is 6.41 Å². The van der Waals surface area contributed by atoms with Crippen molar-refractivity contribution in [3.8, 4) is 0 Å². The van der Waals surface area contributed by atoms with Gasteiger partial charge in [-0.1, -0.05) is 0 Å². The Balaban J connectivity index is 2.17. The van der Waals surface area contributed by atoms with Crippen LogP contribution >= 0.6 is 11.8 Å². The molecule has 6 nitrogen and oxygen atoms in total. The number of hydrogen-bond acceptors (Lipinski definition) is 6. The second-order valence-electron chi connectivity index (χ2n) is 6.09. The number of amides is 1. The number of halogens is 2. The first-order valence-corrected chi connectivity index (χ1v) is 9.92. The van der Waals surface area contributed by atoms with E-state index in [0.29, 0.717) is 26.0 Å². The van der Waals surface area contributed by atoms with Crippen LogP contribution in [0.15, 0.2) is 24.5 Å². The third kappa shape index (κ3) is 6.00. The van der Waals surface area contributed by atoms with Crippen LogP contribution in [0, 0.1) is 11.6 Å². The van der Waals surface area contributed by atoms with Crippen molar-refractivity contribution in [1.29, 1.82) is 0 Å². The van der Waals surface area contributed by atoms with Crippen LogP contribution in [-0.4, -0.2) is 57.3 Å². The van der Waals surface area contributed by atoms with Crippen molar-refractivity contribution in [3.05, 3.63) is 36.2 Å². The van der Waals surface area contributed by atoms with Crippen LogP contribution in [0.5, 0.6) is 0 Å². The van der Waals surface area contributed by atoms with Gasteiger partial charge in [-0.3, -0.25) is 4.79 Å². The summed E-state index contributed by atoms with van der Waals surface area (Å²) in [4.78, 5) is 14.5. The van der Waals surface area contributed by atoms with Gasteiger partial charge in [0.1, 0.15) is 5.69 Å². The Kier molecular flexibility index (Phi) is 8.66. The lowest BCUT2D eigenvalue weighted by atomic mass is 10.2. The summed E-state index contributed by atoms with van der Waals surface area (Å²) in [5.41, 5.74) is 5.39. The smallest absolute Gasteiger partial charge is 0.214 e. The van der Waals surface area contributed by atoms with E-state index in [0.717, 1.165) is 17.9 Å². The predicted octanol–water partition coefficient (Wildman–Crippen LogP) is 1.91. The van der Waals surface area contributed by atoms with Crippen molar-refractivity contribution in [2.75, 3.05) is 54.6 Å². The SMILES string of the molecule is COC(CN/C=C\N)CN(C=O)c1cc(F)c(N2CCCSCC2)c(F)c1. The molecule has 1 aromatic carbocycles. The van der Waals surface area contributed by atoms with E-state index in [-0.39, 0.29) is 24.0 Å². The van der Waals surface area contributed by atoms with Gasteiger partial charge < -0.3 is 25.6 Å². The zero-order valence-corrected chi connectivity index (χ0v) is 16.2. The molecule has 1 amide bonds. The lowest BCUT2D eigenvalue weighted by Gasteiger charge is -2.26. The first-order valence-electron chi connectivity index (χ1n) is 8.77. The zero-order chi connectivity index (χ0) is 19.6. The number of nitrogens with zero attached hydrogens (tertiary/aromatic N) is 2. The molecular formula is C18H26F2N4O2S. The minimum absolute atomic E-state index is 0.0230. The molecule has 1 fully saturated rings. The lowest BCUT2D eigenvalue weighted by molar-refractivity contribution is -0.107. The van der Waals surface area contributed by atoms with E-state index < -0.39 is 11.6 Å². The van der Waals surface area contributed by atoms with Crippen LogP contribution < -0.4 is 20.9 Å². The van der Waals surface area contributed by atoms with Gasteiger partial charge in [0.15, 0.2) is 11.6 Å². The number of rotatable bonds is 9. The molecule has 1 saturated heterocycles. The van der Waals surface area contributed by atoms with Crippen LogP contribution in [0.25, 0.3) is 0 Å². The average molecular weight is 400 g/mol. The van der Waals surface area contributed by atoms with Crippen molar-refractivity contribution < 1.29 is 18.3 Å². The molecule has 1 aliphatic heterocycles. The molecule has 0 aromatic heterocycles. The van der Waals surface area contributed by atoms with Gasteiger partial charge in [-0.05, 0) is 24.3 Å². The van der Waals surface area contributed by atoms with E-state index in [1.807, 2.05) is 0 Å². The Morgan fingerprint density at radius 1 is 1.37 bits per heavy atom. The molecule has 1 aromatic rings. The summed E-state index contributed by atoms with van der Waals surface area (Å²) in [6.07, 6.45) is 3.94. The normalized spacial score (nSPS) is 16.2. The van der Waals surface area contributed by atoms with E-state index in [1.54, 1.807) is 22.9 Å². The van der Waals surface area contributed by atoms with Crippen LogP contribution in [0.1, 0.15) is 6.42 Å². The number of carbonyl (C=O) groups is 1. The highest BCUT2D eigenvalue weighted by molar-refractivity contribution is 7.99. The van der Waals surface area contributed by atoms with Crippen LogP contribution in [-0.2, 0) is 9.53 Å². The number of hydrogen-bond donors (Lipinski definition) is 2. The molecular weight excluding hydrogens is 374 g/mol. The van der Waals surface area contributed by atoms with Crippen LogP contribution in [0.4, 0.5) is 20.2 Å². The molecule has 27 heavy (non-hydrogen) atoms. The molecule has 1 unspecified atom stereocenters. The average Bonchev–Trinajstić information content (AvgIpc) is 2.93. The van der Waals surface area contributed by atoms with Crippen molar-refractivity contribution in [2.24, 2.45) is 5.73 Å². The number of ether oxygens (including phenoxy) is 1. The summed E-state index contributed by atoms with van der Waals surface area (Å²) in [5, 5.41) is 2.92. The number of thioether (sulfide) groups is 1. The minimum Gasteiger partial charge on any atom is -0.403 e. The molecule has 0 saturated carbocycles. The predicted molar refractivity (Wildman–Crippen MR) is 106 cm³/mol. The Hall–Kier alpha value is -2.00. The molecule has 0 radical (unpaired) electrons. The molecule has 0 bridgehead atoms. The summed E-state index contributed by atoms with van der Waals surface area (Å²) >= 11 is 1.78. The number of benzene rings is 1. The summed E-state index contributed by atoms with van der Waals surface area (Å²) < 4.78 is 34.7. The third-order valence-electron chi connectivity index (χ3n) is 4.29. The van der Waals surface area contributed by atoms with Gasteiger partial charge in [0, 0.05) is 50.6 Å². The van der Waals surface area contributed by atoms with E-state index >= 15 is 0 Å². The molecule has 0 spiro atoms. The van der Waals surface area contributed by atoms with E-state index in [2.05, 4.69) is 5.32 Å². The maximum atomic E-state index is 14.7. The second-order valence-corrected chi connectivity index (χ2v) is 7.32. The fourth-order valence-electron chi connectivity index (χ4n) is 2.91. The van der Waals surface area contributed by atoms with Crippen LogP contribution in [0.3, 0.4) is 0 Å². The molecule has 1 aliphatic rings. The Bertz CT molecular complexity index is 617. The molecule has 1 atom stereocenters. The summed E-state index contributed by atoms with van der Waals surface area (Å²) in [5.74, 6) is 0.493. The van der Waals surface area contributed by atoms with Gasteiger partial charge in [0.05, 0.1) is 12.6 Å². The first kappa shape index (κ1) is 21.3. The zero-order valence-electron chi connectivity index (χ0n) is 15.4. The van der Waals surface area contributed by atoms with Gasteiger partial charge in [-0.15, -0.1) is 0 Å². The van der Waals surface area contributed by atoms with Gasteiger partial charge in [-0.2, -0.15) is 11.8 Å². The monoisotopic (exact) mass is 400 g/mol. The van der Waals surface area contributed by atoms with Crippen molar-refractivity contribution in [2.45, 2.75) is 12.5 Å². The lowest BCUT2D eigenvalue weighted by Crippen LogP contribution is -2.38. The number of anilines is 2. The highest BCUT2D eigenvalue weighted by Gasteiger charge is 2.22. The van der Waals surface area contributed by atoms with E-state index in [1.165, 1.54) is 30.3 Å².